The van der Waals surface area contributed by atoms with Crippen LogP contribution >= 0.6 is 0 Å². The Labute approximate surface area is 512 Å². The molecular formula is C83H62N2Si2. The normalized spacial score (nSPS) is 15.9. The summed E-state index contributed by atoms with van der Waals surface area (Å²) in [5.74, 6) is 0. The highest BCUT2D eigenvalue weighted by atomic mass is 28.3. The number of fused-ring (bicyclic) bond motifs is 20. The van der Waals surface area contributed by atoms with E-state index >= 15 is 0 Å². The number of hydrogen-bond acceptors (Lipinski definition) is 2. The van der Waals surface area contributed by atoms with Crippen molar-refractivity contribution in [3.05, 3.63) is 334 Å². The molecule has 0 amide bonds. The van der Waals surface area contributed by atoms with Crippen LogP contribution in [-0.2, 0) is 29.6 Å². The van der Waals surface area contributed by atoms with E-state index in [9.17, 15) is 0 Å². The van der Waals surface area contributed by atoms with Gasteiger partial charge in [0.05, 0.1) is 5.41 Å². The summed E-state index contributed by atoms with van der Waals surface area (Å²) in [4.78, 5) is 4.90. The molecular weight excluding hydrogens is 1080 g/mol. The Morgan fingerprint density at radius 3 is 1.02 bits per heavy atom. The second kappa shape index (κ2) is 19.1. The Hall–Kier alpha value is -9.85. The van der Waals surface area contributed by atoms with Crippen LogP contribution < -0.4 is 30.5 Å². The predicted molar refractivity (Wildman–Crippen MR) is 371 cm³/mol. The fourth-order valence-electron chi connectivity index (χ4n) is 17.0. The molecule has 0 unspecified atom stereocenters. The summed E-state index contributed by atoms with van der Waals surface area (Å²) in [6.07, 6.45) is 9.19. The van der Waals surface area contributed by atoms with E-state index in [1.807, 2.05) is 0 Å². The number of para-hydroxylation sites is 2. The Bertz CT molecular complexity index is 4570. The lowest BCUT2D eigenvalue weighted by atomic mass is 9.70. The molecule has 12 aromatic carbocycles. The molecule has 0 atom stereocenters. The fraction of sp³-hybridized carbons (Fsp3) is 0.0843. The quantitative estimate of drug-likeness (QED) is 0.121. The van der Waals surface area contributed by atoms with Crippen LogP contribution in [0, 0.1) is 0 Å². The number of anilines is 4. The van der Waals surface area contributed by atoms with Crippen LogP contribution in [0.5, 0.6) is 0 Å². The van der Waals surface area contributed by atoms with E-state index in [1.54, 1.807) is 20.7 Å². The van der Waals surface area contributed by atoms with Crippen LogP contribution in [0.1, 0.15) is 66.8 Å². The van der Waals surface area contributed by atoms with Crippen molar-refractivity contribution in [2.45, 2.75) is 29.6 Å². The zero-order valence-corrected chi connectivity index (χ0v) is 50.9. The summed E-state index contributed by atoms with van der Waals surface area (Å²) < 4.78 is 0. The molecule has 0 saturated carbocycles. The fourth-order valence-corrected chi connectivity index (χ4v) is 27.9. The summed E-state index contributed by atoms with van der Waals surface area (Å²) in [6.45, 7) is 0. The Balaban J connectivity index is 0.641. The van der Waals surface area contributed by atoms with Gasteiger partial charge < -0.3 is 9.80 Å². The van der Waals surface area contributed by atoms with Crippen LogP contribution in [0.2, 0.25) is 0 Å². The molecule has 0 aromatic heterocycles. The Morgan fingerprint density at radius 2 is 0.598 bits per heavy atom. The Kier molecular flexibility index (Phi) is 11.1. The second-order valence-corrected chi connectivity index (χ2v) is 33.3. The minimum atomic E-state index is -2.05. The van der Waals surface area contributed by atoms with E-state index in [2.05, 4.69) is 315 Å². The summed E-state index contributed by atoms with van der Waals surface area (Å²) in [5.41, 5.74) is 31.5. The first-order valence-corrected chi connectivity index (χ1v) is 35.8. The minimum absolute atomic E-state index is 0.460. The van der Waals surface area contributed by atoms with Gasteiger partial charge in [-0.3, -0.25) is 0 Å². The van der Waals surface area contributed by atoms with Gasteiger partial charge >= 0.3 is 0 Å². The third-order valence-corrected chi connectivity index (χ3v) is 30.8. The molecule has 4 heterocycles. The van der Waals surface area contributed by atoms with Gasteiger partial charge in [-0.05, 0) is 193 Å². The first-order valence-electron chi connectivity index (χ1n) is 31.0. The van der Waals surface area contributed by atoms with E-state index < -0.39 is 21.6 Å². The molecule has 0 bridgehead atoms. The lowest BCUT2D eigenvalue weighted by Gasteiger charge is -2.41. The minimum Gasteiger partial charge on any atom is -0.345 e. The van der Waals surface area contributed by atoms with Gasteiger partial charge in [-0.25, -0.2) is 0 Å². The predicted octanol–water partition coefficient (Wildman–Crippen LogP) is 16.7. The zero-order chi connectivity index (χ0) is 57.6. The van der Waals surface area contributed by atoms with Crippen LogP contribution in [-0.4, -0.2) is 30.2 Å². The van der Waals surface area contributed by atoms with E-state index in [0.717, 1.165) is 0 Å². The van der Waals surface area contributed by atoms with Gasteiger partial charge in [0.25, 0.3) is 0 Å². The monoisotopic (exact) mass is 1140 g/mol. The summed E-state index contributed by atoms with van der Waals surface area (Å²) >= 11 is 0. The SMILES string of the molecule is CN1c2ccccc2[Si]2(Cc3ccccc3C2)c2ccc(-c3ccc(/C=C/c4ccc5c(c4)C4(c6ccccc6-c6ccccc64)c4cc(/C=C/c6ccc(-c7ccc8c(c7)N(C)c7ccccc7[Si]87Cc8ccccc8C7)cc6)ccc4-5)cc3)cc21. The van der Waals surface area contributed by atoms with Gasteiger partial charge in [-0.15, -0.1) is 0 Å². The van der Waals surface area contributed by atoms with Crippen molar-refractivity contribution < 1.29 is 0 Å². The third kappa shape index (κ3) is 7.38. The molecule has 18 rings (SSSR count). The highest BCUT2D eigenvalue weighted by Crippen LogP contribution is 2.63. The molecule has 3 spiro atoms. The number of benzene rings is 12. The summed E-state index contributed by atoms with van der Waals surface area (Å²) in [6, 6.07) is 107. The van der Waals surface area contributed by atoms with Crippen molar-refractivity contribution in [3.63, 3.8) is 0 Å². The maximum Gasteiger partial charge on any atom is 0.132 e. The maximum absolute atomic E-state index is 2.48. The molecule has 6 aliphatic rings. The molecule has 412 valence electrons. The second-order valence-electron chi connectivity index (χ2n) is 25.4. The van der Waals surface area contributed by atoms with E-state index in [4.69, 9.17) is 0 Å². The molecule has 4 aliphatic heterocycles. The molecule has 0 fully saturated rings. The van der Waals surface area contributed by atoms with Crippen LogP contribution in [0.4, 0.5) is 22.7 Å². The molecule has 0 saturated heterocycles. The number of hydrogen-bond donors (Lipinski definition) is 0. The molecule has 4 heteroatoms. The molecule has 0 N–H and O–H groups in total. The number of rotatable bonds is 6. The van der Waals surface area contributed by atoms with Gasteiger partial charge in [0.1, 0.15) is 16.1 Å². The van der Waals surface area contributed by atoms with Gasteiger partial charge in [0.15, 0.2) is 0 Å². The van der Waals surface area contributed by atoms with Gasteiger partial charge in [-0.1, -0.05) is 255 Å². The average Bonchev–Trinajstić information content (AvgIpc) is 1.57. The standard InChI is InChI=1S/C83H62N2Si2/c1-84-75-23-11-13-25-79(75)86(51-63-15-3-4-16-64(63)52-86)81-45-41-61(49-77(81)84)59-37-31-55(32-38-59)27-29-57-35-43-69-70-44-36-58(48-74(70)83(73(69)47-57)71-21-9-7-19-67(71)68-20-8-10-22-72(68)83)30-28-56-33-39-60(40-34-56)62-42-46-82-78(50-62)85(2)76-24-12-14-26-80(76)87(82)53-65-17-5-6-18-66(65)54-87/h3-50H,51-54H2,1-2H3/b29-27+,30-28+. The highest BCUT2D eigenvalue weighted by Gasteiger charge is 2.53. The first kappa shape index (κ1) is 50.5. The lowest BCUT2D eigenvalue weighted by molar-refractivity contribution is 0.793. The molecule has 2 nitrogen and oxygen atoms in total. The number of nitrogens with zero attached hydrogens (tertiary/aromatic N) is 2. The van der Waals surface area contributed by atoms with Crippen LogP contribution in [0.3, 0.4) is 0 Å². The smallest absolute Gasteiger partial charge is 0.132 e. The lowest BCUT2D eigenvalue weighted by Crippen LogP contribution is -2.64. The zero-order valence-electron chi connectivity index (χ0n) is 48.9. The van der Waals surface area contributed by atoms with Crippen molar-refractivity contribution in [3.8, 4) is 44.5 Å². The largest absolute Gasteiger partial charge is 0.345 e. The van der Waals surface area contributed by atoms with Crippen molar-refractivity contribution in [1.82, 2.24) is 0 Å². The van der Waals surface area contributed by atoms with Gasteiger partial charge in [0.2, 0.25) is 0 Å². The highest BCUT2D eigenvalue weighted by molar-refractivity contribution is 7.05. The van der Waals surface area contributed by atoms with Crippen molar-refractivity contribution in [2.75, 3.05) is 23.9 Å². The molecule has 12 aromatic rings. The Morgan fingerprint density at radius 1 is 0.276 bits per heavy atom. The third-order valence-electron chi connectivity index (χ3n) is 21.1. The topological polar surface area (TPSA) is 6.48 Å². The maximum atomic E-state index is 2.48. The van der Waals surface area contributed by atoms with Crippen molar-refractivity contribution in [1.29, 1.82) is 0 Å². The molecule has 87 heavy (non-hydrogen) atoms. The molecule has 0 radical (unpaired) electrons. The van der Waals surface area contributed by atoms with Gasteiger partial charge in [-0.2, -0.15) is 0 Å². The summed E-state index contributed by atoms with van der Waals surface area (Å²) in [5, 5.41) is 6.27. The van der Waals surface area contributed by atoms with E-state index in [0.29, 0.717) is 0 Å². The summed E-state index contributed by atoms with van der Waals surface area (Å²) in [7, 11) is 0.412. The van der Waals surface area contributed by atoms with E-state index in [1.165, 1.54) is 158 Å². The average molecular weight is 1140 g/mol. The van der Waals surface area contributed by atoms with Crippen molar-refractivity contribution in [2.24, 2.45) is 0 Å². The van der Waals surface area contributed by atoms with Crippen LogP contribution in [0.25, 0.3) is 68.8 Å². The molecule has 2 aliphatic carbocycles. The van der Waals surface area contributed by atoms with Crippen LogP contribution in [0.15, 0.2) is 267 Å². The van der Waals surface area contributed by atoms with E-state index in [-0.39, 0.29) is 0 Å². The first-order chi connectivity index (χ1) is 42.8. The van der Waals surface area contributed by atoms with Crippen molar-refractivity contribution >= 4 is 83.9 Å². The van der Waals surface area contributed by atoms with Gasteiger partial charge in [0, 0.05) is 36.8 Å².